The molecule has 1 aromatic carbocycles. The number of aromatic nitrogens is 2. The van der Waals surface area contributed by atoms with Crippen LogP contribution in [0.2, 0.25) is 0 Å². The first kappa shape index (κ1) is 14.1. The maximum absolute atomic E-state index is 7.81. The topological polar surface area (TPSA) is 70.9 Å². The molecule has 1 heterocycles. The molecule has 0 aliphatic heterocycles. The first-order valence-corrected chi connectivity index (χ1v) is 6.68. The molecule has 2 aromatic rings. The van der Waals surface area contributed by atoms with Gasteiger partial charge >= 0.3 is 0 Å². The molecule has 0 fully saturated rings. The molecule has 0 aliphatic rings. The molecule has 0 spiro atoms. The molecular formula is C15H21N5. The third-order valence-corrected chi connectivity index (χ3v) is 3.44. The summed E-state index contributed by atoms with van der Waals surface area (Å²) in [6.07, 6.45) is 0. The molecule has 0 aliphatic carbocycles. The summed E-state index contributed by atoms with van der Waals surface area (Å²) in [7, 11) is 1.88. The van der Waals surface area contributed by atoms with Crippen molar-refractivity contribution in [1.82, 2.24) is 9.78 Å². The lowest BCUT2D eigenvalue weighted by Crippen LogP contribution is -2.24. The summed E-state index contributed by atoms with van der Waals surface area (Å²) in [5, 5.41) is 12.2. The van der Waals surface area contributed by atoms with Crippen molar-refractivity contribution in [2.24, 2.45) is 12.8 Å². The number of hydrogen-bond donors (Lipinski definition) is 2. The number of benzene rings is 1. The fraction of sp³-hybridized carbons (Fsp3) is 0.333. The minimum atomic E-state index is 0.0534. The highest BCUT2D eigenvalue weighted by Crippen LogP contribution is 2.31. The summed E-state index contributed by atoms with van der Waals surface area (Å²) in [4.78, 5) is 2.14. The molecule has 106 valence electrons. The molecule has 3 N–H and O–H groups in total. The van der Waals surface area contributed by atoms with Crippen molar-refractivity contribution in [3.8, 4) is 0 Å². The number of nitrogen functional groups attached to an aromatic ring is 1. The van der Waals surface area contributed by atoms with Crippen molar-refractivity contribution in [2.75, 3.05) is 11.4 Å². The van der Waals surface area contributed by atoms with Gasteiger partial charge in [0.25, 0.3) is 0 Å². The quantitative estimate of drug-likeness (QED) is 0.663. The average molecular weight is 271 g/mol. The van der Waals surface area contributed by atoms with Gasteiger partial charge in [0.2, 0.25) is 0 Å². The van der Waals surface area contributed by atoms with E-state index in [1.807, 2.05) is 26.1 Å². The van der Waals surface area contributed by atoms with E-state index < -0.39 is 0 Å². The Labute approximate surface area is 119 Å². The molecule has 0 saturated heterocycles. The zero-order valence-corrected chi connectivity index (χ0v) is 12.4. The van der Waals surface area contributed by atoms with Gasteiger partial charge in [0, 0.05) is 19.3 Å². The van der Waals surface area contributed by atoms with E-state index in [9.17, 15) is 0 Å². The van der Waals surface area contributed by atoms with Gasteiger partial charge in [-0.2, -0.15) is 5.10 Å². The molecular weight excluding hydrogens is 250 g/mol. The zero-order chi connectivity index (χ0) is 14.9. The number of amidine groups is 1. The standard InChI is InChI=1S/C15H21N5/c1-5-20(12-9-7-6-8-10(12)2)15-13(14(16)17)11(3)18-19(15)4/h6-9H,5H2,1-4H3,(H3,16,17). The van der Waals surface area contributed by atoms with Gasteiger partial charge in [-0.05, 0) is 32.4 Å². The molecule has 20 heavy (non-hydrogen) atoms. The second kappa shape index (κ2) is 5.36. The van der Waals surface area contributed by atoms with Crippen molar-refractivity contribution >= 4 is 17.3 Å². The molecule has 1 aromatic heterocycles. The molecule has 0 amide bonds. The van der Waals surface area contributed by atoms with E-state index in [0.717, 1.165) is 23.7 Å². The molecule has 5 nitrogen and oxygen atoms in total. The Bertz CT molecular complexity index is 642. The highest BCUT2D eigenvalue weighted by molar-refractivity contribution is 6.01. The Morgan fingerprint density at radius 2 is 2.00 bits per heavy atom. The van der Waals surface area contributed by atoms with Crippen molar-refractivity contribution < 1.29 is 0 Å². The predicted molar refractivity (Wildman–Crippen MR) is 82.8 cm³/mol. The maximum Gasteiger partial charge on any atom is 0.142 e. The first-order chi connectivity index (χ1) is 9.47. The van der Waals surface area contributed by atoms with Crippen LogP contribution in [0.1, 0.15) is 23.7 Å². The van der Waals surface area contributed by atoms with Gasteiger partial charge in [0.1, 0.15) is 11.7 Å². The normalized spacial score (nSPS) is 10.6. The van der Waals surface area contributed by atoms with Crippen LogP contribution in [0.4, 0.5) is 11.5 Å². The monoisotopic (exact) mass is 271 g/mol. The summed E-state index contributed by atoms with van der Waals surface area (Å²) >= 11 is 0. The maximum atomic E-state index is 7.81. The molecule has 0 radical (unpaired) electrons. The van der Waals surface area contributed by atoms with E-state index in [1.54, 1.807) is 4.68 Å². The SMILES string of the molecule is CCN(c1ccccc1C)c1c(C(=N)N)c(C)nn1C. The highest BCUT2D eigenvalue weighted by atomic mass is 15.4. The van der Waals surface area contributed by atoms with Gasteiger partial charge < -0.3 is 10.6 Å². The lowest BCUT2D eigenvalue weighted by molar-refractivity contribution is 0.741. The summed E-state index contributed by atoms with van der Waals surface area (Å²) in [5.74, 6) is 0.921. The van der Waals surface area contributed by atoms with E-state index in [0.29, 0.717) is 5.56 Å². The molecule has 0 atom stereocenters. The van der Waals surface area contributed by atoms with E-state index in [1.165, 1.54) is 5.56 Å². The second-order valence-corrected chi connectivity index (χ2v) is 4.85. The minimum absolute atomic E-state index is 0.0534. The van der Waals surface area contributed by atoms with Crippen LogP contribution >= 0.6 is 0 Å². The number of para-hydroxylation sites is 1. The van der Waals surface area contributed by atoms with E-state index in [2.05, 4.69) is 36.0 Å². The fourth-order valence-electron chi connectivity index (χ4n) is 2.57. The smallest absolute Gasteiger partial charge is 0.142 e. The third kappa shape index (κ3) is 2.27. The first-order valence-electron chi connectivity index (χ1n) is 6.68. The van der Waals surface area contributed by atoms with E-state index in [4.69, 9.17) is 11.1 Å². The number of nitrogens with one attached hydrogen (secondary N) is 1. The number of nitrogens with zero attached hydrogens (tertiary/aromatic N) is 3. The van der Waals surface area contributed by atoms with Crippen LogP contribution < -0.4 is 10.6 Å². The molecule has 0 bridgehead atoms. The Morgan fingerprint density at radius 1 is 1.35 bits per heavy atom. The average Bonchev–Trinajstić information content (AvgIpc) is 2.68. The van der Waals surface area contributed by atoms with Gasteiger partial charge in [-0.3, -0.25) is 10.1 Å². The van der Waals surface area contributed by atoms with E-state index >= 15 is 0 Å². The Balaban J connectivity index is 2.65. The van der Waals surface area contributed by atoms with Crippen molar-refractivity contribution in [3.63, 3.8) is 0 Å². The number of hydrogen-bond acceptors (Lipinski definition) is 3. The largest absolute Gasteiger partial charge is 0.384 e. The Kier molecular flexibility index (Phi) is 3.79. The van der Waals surface area contributed by atoms with Crippen molar-refractivity contribution in [1.29, 1.82) is 5.41 Å². The van der Waals surface area contributed by atoms with Crippen LogP contribution in [-0.2, 0) is 7.05 Å². The summed E-state index contributed by atoms with van der Waals surface area (Å²) in [5.41, 5.74) is 9.52. The van der Waals surface area contributed by atoms with Crippen molar-refractivity contribution in [3.05, 3.63) is 41.1 Å². The molecule has 0 saturated carbocycles. The zero-order valence-electron chi connectivity index (χ0n) is 12.4. The van der Waals surface area contributed by atoms with Crippen LogP contribution in [0.3, 0.4) is 0 Å². The van der Waals surface area contributed by atoms with E-state index in [-0.39, 0.29) is 5.84 Å². The van der Waals surface area contributed by atoms with Gasteiger partial charge in [-0.25, -0.2) is 0 Å². The number of rotatable bonds is 4. The number of aryl methyl sites for hydroxylation is 3. The summed E-state index contributed by atoms with van der Waals surface area (Å²) < 4.78 is 1.79. The van der Waals surface area contributed by atoms with Crippen LogP contribution in [0.25, 0.3) is 0 Å². The third-order valence-electron chi connectivity index (χ3n) is 3.44. The lowest BCUT2D eigenvalue weighted by atomic mass is 10.1. The minimum Gasteiger partial charge on any atom is -0.384 e. The molecule has 0 unspecified atom stereocenters. The molecule has 2 rings (SSSR count). The Hall–Kier alpha value is -2.30. The highest BCUT2D eigenvalue weighted by Gasteiger charge is 2.22. The van der Waals surface area contributed by atoms with Crippen LogP contribution in [0.15, 0.2) is 24.3 Å². The van der Waals surface area contributed by atoms with Gasteiger partial charge in [-0.15, -0.1) is 0 Å². The number of nitrogens with two attached hydrogens (primary N) is 1. The second-order valence-electron chi connectivity index (χ2n) is 4.85. The fourth-order valence-corrected chi connectivity index (χ4v) is 2.57. The lowest BCUT2D eigenvalue weighted by Gasteiger charge is -2.26. The predicted octanol–water partition coefficient (Wildman–Crippen LogP) is 2.48. The van der Waals surface area contributed by atoms with Crippen LogP contribution in [0.5, 0.6) is 0 Å². The van der Waals surface area contributed by atoms with Crippen LogP contribution in [0, 0.1) is 19.3 Å². The Morgan fingerprint density at radius 3 is 2.55 bits per heavy atom. The van der Waals surface area contributed by atoms with Gasteiger partial charge in [-0.1, -0.05) is 18.2 Å². The van der Waals surface area contributed by atoms with Crippen molar-refractivity contribution in [2.45, 2.75) is 20.8 Å². The summed E-state index contributed by atoms with van der Waals surface area (Å²) in [6, 6.07) is 8.19. The number of anilines is 2. The summed E-state index contributed by atoms with van der Waals surface area (Å²) in [6.45, 7) is 6.82. The van der Waals surface area contributed by atoms with Gasteiger partial charge in [0.15, 0.2) is 0 Å². The molecule has 5 heteroatoms. The van der Waals surface area contributed by atoms with Gasteiger partial charge in [0.05, 0.1) is 11.3 Å². The van der Waals surface area contributed by atoms with Crippen LogP contribution in [-0.4, -0.2) is 22.2 Å².